The molecule has 0 bridgehead atoms. The van der Waals surface area contributed by atoms with Gasteiger partial charge in [-0.05, 0) is 33.0 Å². The van der Waals surface area contributed by atoms with Crippen molar-refractivity contribution in [1.29, 1.82) is 0 Å². The summed E-state index contributed by atoms with van der Waals surface area (Å²) in [6, 6.07) is 2.95. The van der Waals surface area contributed by atoms with Crippen LogP contribution in [0.25, 0.3) is 0 Å². The second kappa shape index (κ2) is 5.44. The van der Waals surface area contributed by atoms with Crippen LogP contribution in [0.1, 0.15) is 12.8 Å². The number of nitrogen functional groups attached to an aromatic ring is 1. The highest BCUT2D eigenvalue weighted by atomic mass is 32.2. The van der Waals surface area contributed by atoms with Gasteiger partial charge in [-0.2, -0.15) is 4.31 Å². The van der Waals surface area contributed by atoms with E-state index in [-0.39, 0.29) is 16.8 Å². The van der Waals surface area contributed by atoms with E-state index in [0.29, 0.717) is 6.54 Å². The summed E-state index contributed by atoms with van der Waals surface area (Å²) < 4.78 is 26.8. The second-order valence-electron chi connectivity index (χ2n) is 5.09. The van der Waals surface area contributed by atoms with Crippen LogP contribution >= 0.6 is 0 Å². The largest absolute Gasteiger partial charge is 0.384 e. The molecular weight excluding hydrogens is 264 g/mol. The van der Waals surface area contributed by atoms with Crippen LogP contribution in [0, 0.1) is 0 Å². The summed E-state index contributed by atoms with van der Waals surface area (Å²) >= 11 is 0. The van der Waals surface area contributed by atoms with Gasteiger partial charge in [-0.1, -0.05) is 0 Å². The number of sulfonamides is 1. The molecule has 2 N–H and O–H groups in total. The first-order valence-electron chi connectivity index (χ1n) is 6.29. The summed E-state index contributed by atoms with van der Waals surface area (Å²) in [5.41, 5.74) is 5.57. The molecule has 1 fully saturated rings. The molecule has 1 aliphatic rings. The minimum atomic E-state index is -3.47. The van der Waals surface area contributed by atoms with Crippen LogP contribution in [-0.2, 0) is 10.0 Å². The van der Waals surface area contributed by atoms with Gasteiger partial charge >= 0.3 is 0 Å². The lowest BCUT2D eigenvalue weighted by Gasteiger charge is -2.26. The first kappa shape index (κ1) is 14.2. The molecule has 7 heteroatoms. The maximum atomic E-state index is 12.6. The number of nitrogens with zero attached hydrogens (tertiary/aromatic N) is 3. The fourth-order valence-corrected chi connectivity index (χ4v) is 4.16. The third-order valence-electron chi connectivity index (χ3n) is 3.26. The molecule has 0 radical (unpaired) electrons. The molecule has 0 aromatic carbocycles. The smallest absolute Gasteiger partial charge is 0.243 e. The Bertz CT molecular complexity index is 544. The number of hydrogen-bond donors (Lipinski definition) is 1. The van der Waals surface area contributed by atoms with Crippen molar-refractivity contribution in [3.8, 4) is 0 Å². The van der Waals surface area contributed by atoms with Gasteiger partial charge in [0.2, 0.25) is 10.0 Å². The minimum Gasteiger partial charge on any atom is -0.384 e. The van der Waals surface area contributed by atoms with E-state index in [0.717, 1.165) is 19.4 Å². The van der Waals surface area contributed by atoms with Crippen LogP contribution in [0.3, 0.4) is 0 Å². The summed E-state index contributed by atoms with van der Waals surface area (Å²) in [5.74, 6) is 0.226. The van der Waals surface area contributed by atoms with E-state index in [1.54, 1.807) is 4.31 Å². The van der Waals surface area contributed by atoms with Crippen LogP contribution < -0.4 is 5.73 Å². The molecule has 0 saturated carbocycles. The van der Waals surface area contributed by atoms with Crippen molar-refractivity contribution in [1.82, 2.24) is 14.2 Å². The van der Waals surface area contributed by atoms with E-state index in [9.17, 15) is 8.42 Å². The third-order valence-corrected chi connectivity index (χ3v) is 5.21. The Morgan fingerprint density at radius 1 is 1.53 bits per heavy atom. The molecular formula is C12H20N4O2S. The standard InChI is InChI=1S/C12H20N4O2S/c1-15(2)9-10-4-3-7-16(10)19(17,18)11-5-6-14-12(13)8-11/h5-6,8,10H,3-4,7,9H2,1-2H3,(H2,13,14). The molecule has 0 spiro atoms. The van der Waals surface area contributed by atoms with Crippen molar-refractivity contribution in [2.75, 3.05) is 32.9 Å². The van der Waals surface area contributed by atoms with Gasteiger partial charge in [0, 0.05) is 31.4 Å². The van der Waals surface area contributed by atoms with Gasteiger partial charge in [-0.3, -0.25) is 0 Å². The highest BCUT2D eigenvalue weighted by Crippen LogP contribution is 2.26. The molecule has 1 unspecified atom stereocenters. The molecule has 2 rings (SSSR count). The van der Waals surface area contributed by atoms with Gasteiger partial charge in [-0.25, -0.2) is 13.4 Å². The number of likely N-dealkylation sites (N-methyl/N-ethyl adjacent to an activating group) is 1. The topological polar surface area (TPSA) is 79.5 Å². The minimum absolute atomic E-state index is 0.0365. The van der Waals surface area contributed by atoms with Crippen LogP contribution in [0.15, 0.2) is 23.2 Å². The van der Waals surface area contributed by atoms with Gasteiger partial charge in [0.1, 0.15) is 5.82 Å². The molecule has 106 valence electrons. The molecule has 1 atom stereocenters. The molecule has 1 aromatic rings. The number of pyridine rings is 1. The van der Waals surface area contributed by atoms with Crippen molar-refractivity contribution in [2.24, 2.45) is 0 Å². The summed E-state index contributed by atoms with van der Waals surface area (Å²) in [5, 5.41) is 0. The molecule has 6 nitrogen and oxygen atoms in total. The Morgan fingerprint density at radius 2 is 2.26 bits per heavy atom. The zero-order valence-corrected chi connectivity index (χ0v) is 12.1. The lowest BCUT2D eigenvalue weighted by Crippen LogP contribution is -2.41. The monoisotopic (exact) mass is 284 g/mol. The Hall–Kier alpha value is -1.18. The van der Waals surface area contributed by atoms with Crippen LogP contribution in [0.2, 0.25) is 0 Å². The highest BCUT2D eigenvalue weighted by molar-refractivity contribution is 7.89. The van der Waals surface area contributed by atoms with Crippen LogP contribution in [-0.4, -0.2) is 55.8 Å². The van der Waals surface area contributed by atoms with E-state index < -0.39 is 10.0 Å². The Morgan fingerprint density at radius 3 is 2.89 bits per heavy atom. The SMILES string of the molecule is CN(C)CC1CCCN1S(=O)(=O)c1ccnc(N)c1. The van der Waals surface area contributed by atoms with Gasteiger partial charge < -0.3 is 10.6 Å². The van der Waals surface area contributed by atoms with Gasteiger partial charge in [0.05, 0.1) is 4.90 Å². The van der Waals surface area contributed by atoms with Crippen molar-refractivity contribution >= 4 is 15.8 Å². The van der Waals surface area contributed by atoms with Gasteiger partial charge in [0.15, 0.2) is 0 Å². The zero-order chi connectivity index (χ0) is 14.0. The molecule has 19 heavy (non-hydrogen) atoms. The predicted molar refractivity (Wildman–Crippen MR) is 74.1 cm³/mol. The lowest BCUT2D eigenvalue weighted by atomic mass is 10.2. The van der Waals surface area contributed by atoms with Gasteiger partial charge in [-0.15, -0.1) is 0 Å². The molecule has 1 aliphatic heterocycles. The average molecular weight is 284 g/mol. The van der Waals surface area contributed by atoms with Gasteiger partial charge in [0.25, 0.3) is 0 Å². The lowest BCUT2D eigenvalue weighted by molar-refractivity contribution is 0.291. The van der Waals surface area contributed by atoms with E-state index in [4.69, 9.17) is 5.73 Å². The second-order valence-corrected chi connectivity index (χ2v) is 6.98. The quantitative estimate of drug-likeness (QED) is 0.864. The van der Waals surface area contributed by atoms with E-state index >= 15 is 0 Å². The Balaban J connectivity index is 2.28. The third kappa shape index (κ3) is 3.05. The molecule has 0 amide bonds. The molecule has 1 saturated heterocycles. The van der Waals surface area contributed by atoms with E-state index in [2.05, 4.69) is 4.98 Å². The fraction of sp³-hybridized carbons (Fsp3) is 0.583. The van der Waals surface area contributed by atoms with Crippen LogP contribution in [0.4, 0.5) is 5.82 Å². The summed E-state index contributed by atoms with van der Waals surface area (Å²) in [6.45, 7) is 1.31. The predicted octanol–water partition coefficient (Wildman–Crippen LogP) is 0.378. The maximum Gasteiger partial charge on any atom is 0.243 e. The first-order valence-corrected chi connectivity index (χ1v) is 7.73. The molecule has 1 aromatic heterocycles. The van der Waals surface area contributed by atoms with E-state index in [1.165, 1.54) is 18.3 Å². The van der Waals surface area contributed by atoms with Crippen LogP contribution in [0.5, 0.6) is 0 Å². The normalized spacial score (nSPS) is 21.1. The summed E-state index contributed by atoms with van der Waals surface area (Å²) in [7, 11) is 0.435. The number of aromatic nitrogens is 1. The number of anilines is 1. The number of nitrogens with two attached hydrogens (primary N) is 1. The highest BCUT2D eigenvalue weighted by Gasteiger charge is 2.35. The Kier molecular flexibility index (Phi) is 4.07. The maximum absolute atomic E-state index is 12.6. The summed E-state index contributed by atoms with van der Waals surface area (Å²) in [4.78, 5) is 6.07. The fourth-order valence-electron chi connectivity index (χ4n) is 2.45. The van der Waals surface area contributed by atoms with Crippen molar-refractivity contribution in [3.63, 3.8) is 0 Å². The molecule has 2 heterocycles. The number of hydrogen-bond acceptors (Lipinski definition) is 5. The average Bonchev–Trinajstić information content (AvgIpc) is 2.77. The molecule has 0 aliphatic carbocycles. The zero-order valence-electron chi connectivity index (χ0n) is 11.3. The van der Waals surface area contributed by atoms with Crippen molar-refractivity contribution in [2.45, 2.75) is 23.8 Å². The van der Waals surface area contributed by atoms with E-state index in [1.807, 2.05) is 19.0 Å². The van der Waals surface area contributed by atoms with Crippen molar-refractivity contribution in [3.05, 3.63) is 18.3 Å². The van der Waals surface area contributed by atoms with Crippen molar-refractivity contribution < 1.29 is 8.42 Å². The number of rotatable bonds is 4. The summed E-state index contributed by atoms with van der Waals surface area (Å²) in [6.07, 6.45) is 3.23. The first-order chi connectivity index (χ1) is 8.91. The Labute approximate surface area is 114 Å².